The molecule has 1 fully saturated rings. The van der Waals surface area contributed by atoms with Gasteiger partial charge in [-0.3, -0.25) is 4.79 Å². The molecule has 0 atom stereocenters. The summed E-state index contributed by atoms with van der Waals surface area (Å²) in [6.07, 6.45) is 1.13. The van der Waals surface area contributed by atoms with Gasteiger partial charge in [-0.05, 0) is 69.0 Å². The molecule has 8 heteroatoms. The number of carbonyl (C=O) groups excluding carboxylic acids is 1. The summed E-state index contributed by atoms with van der Waals surface area (Å²) < 4.78 is 25.6. The molecule has 0 unspecified atom stereocenters. The molecule has 1 saturated carbocycles. The Hall–Kier alpha value is -1.38. The molecule has 4 rings (SSSR count). The van der Waals surface area contributed by atoms with E-state index in [4.69, 9.17) is 0 Å². The number of fused-ring (bicyclic) bond motifs is 1. The Labute approximate surface area is 161 Å². The Kier molecular flexibility index (Phi) is 3.79. The van der Waals surface area contributed by atoms with E-state index in [2.05, 4.69) is 31.9 Å². The quantitative estimate of drug-likeness (QED) is 0.663. The third kappa shape index (κ3) is 2.45. The number of aromatic hydroxyl groups is 1. The van der Waals surface area contributed by atoms with Gasteiger partial charge in [0, 0.05) is 12.1 Å². The van der Waals surface area contributed by atoms with Crippen molar-refractivity contribution in [3.63, 3.8) is 0 Å². The van der Waals surface area contributed by atoms with Crippen molar-refractivity contribution in [2.24, 2.45) is 0 Å². The Bertz CT molecular complexity index is 992. The lowest BCUT2D eigenvalue weighted by atomic mass is 10.1. The largest absolute Gasteiger partial charge is 0.506 e. The molecule has 25 heavy (non-hydrogen) atoms. The minimum absolute atomic E-state index is 0.0110. The van der Waals surface area contributed by atoms with Crippen LogP contribution >= 0.6 is 31.9 Å². The SMILES string of the molecule is O=C(c1cc(Br)c(O)c(Br)c1)N1CC2(CC2)S(=O)(=O)c2ccccc21. The van der Waals surface area contributed by atoms with Gasteiger partial charge < -0.3 is 10.0 Å². The molecule has 2 aromatic rings. The second-order valence-electron chi connectivity index (χ2n) is 6.33. The number of sulfone groups is 1. The number of phenolic OH excluding ortho intramolecular Hbond substituents is 1. The summed E-state index contributed by atoms with van der Waals surface area (Å²) in [6.45, 7) is 0.154. The van der Waals surface area contributed by atoms with Crippen molar-refractivity contribution in [2.45, 2.75) is 22.5 Å². The first kappa shape index (κ1) is 17.1. The third-order valence-electron chi connectivity index (χ3n) is 4.78. The summed E-state index contributed by atoms with van der Waals surface area (Å²) in [7, 11) is -3.43. The van der Waals surface area contributed by atoms with Crippen LogP contribution in [0.25, 0.3) is 0 Å². The zero-order valence-corrected chi connectivity index (χ0v) is 16.9. The average Bonchev–Trinajstić information content (AvgIpc) is 3.37. The van der Waals surface area contributed by atoms with Crippen LogP contribution in [0.2, 0.25) is 0 Å². The van der Waals surface area contributed by atoms with E-state index in [1.54, 1.807) is 24.3 Å². The van der Waals surface area contributed by atoms with Crippen LogP contribution in [0.3, 0.4) is 0 Å². The van der Waals surface area contributed by atoms with E-state index >= 15 is 0 Å². The maximum absolute atomic E-state index is 13.1. The van der Waals surface area contributed by atoms with E-state index in [1.807, 2.05) is 0 Å². The van der Waals surface area contributed by atoms with Gasteiger partial charge in [0.25, 0.3) is 5.91 Å². The van der Waals surface area contributed by atoms with E-state index in [9.17, 15) is 18.3 Å². The van der Waals surface area contributed by atoms with Crippen LogP contribution in [-0.4, -0.2) is 30.7 Å². The first-order valence-corrected chi connectivity index (χ1v) is 10.7. The van der Waals surface area contributed by atoms with Gasteiger partial charge in [-0.2, -0.15) is 0 Å². The third-order valence-corrected chi connectivity index (χ3v) is 8.59. The predicted octanol–water partition coefficient (Wildman–Crippen LogP) is 3.88. The monoisotopic (exact) mass is 485 g/mol. The van der Waals surface area contributed by atoms with E-state index < -0.39 is 14.6 Å². The average molecular weight is 487 g/mol. The second-order valence-corrected chi connectivity index (χ2v) is 10.4. The van der Waals surface area contributed by atoms with E-state index in [-0.39, 0.29) is 23.1 Å². The highest BCUT2D eigenvalue weighted by Crippen LogP contribution is 2.53. The second kappa shape index (κ2) is 5.56. The molecule has 0 aromatic heterocycles. The van der Waals surface area contributed by atoms with Crippen molar-refractivity contribution in [1.82, 2.24) is 0 Å². The van der Waals surface area contributed by atoms with Crippen molar-refractivity contribution in [2.75, 3.05) is 11.4 Å². The number of halogens is 2. The van der Waals surface area contributed by atoms with Crippen LogP contribution in [0.1, 0.15) is 23.2 Å². The summed E-state index contributed by atoms with van der Waals surface area (Å²) in [5.41, 5.74) is 0.770. The summed E-state index contributed by atoms with van der Waals surface area (Å²) >= 11 is 6.45. The number of nitrogens with zero attached hydrogens (tertiary/aromatic N) is 1. The molecule has 1 amide bonds. The minimum atomic E-state index is -3.43. The molecule has 0 saturated heterocycles. The van der Waals surface area contributed by atoms with Gasteiger partial charge in [-0.15, -0.1) is 0 Å². The fraction of sp³-hybridized carbons (Fsp3) is 0.235. The molecule has 0 bridgehead atoms. The van der Waals surface area contributed by atoms with Crippen molar-refractivity contribution in [3.8, 4) is 5.75 Å². The zero-order valence-electron chi connectivity index (χ0n) is 12.9. The number of hydrogen-bond acceptors (Lipinski definition) is 4. The van der Waals surface area contributed by atoms with Gasteiger partial charge in [-0.1, -0.05) is 12.1 Å². The number of rotatable bonds is 1. The molecule has 1 N–H and O–H groups in total. The van der Waals surface area contributed by atoms with Crippen LogP contribution in [0, 0.1) is 0 Å². The van der Waals surface area contributed by atoms with Gasteiger partial charge >= 0.3 is 0 Å². The van der Waals surface area contributed by atoms with Gasteiger partial charge in [0.1, 0.15) is 5.75 Å². The molecule has 0 radical (unpaired) electrons. The molecule has 1 heterocycles. The van der Waals surface area contributed by atoms with Crippen molar-refractivity contribution in [1.29, 1.82) is 0 Å². The van der Waals surface area contributed by atoms with Gasteiger partial charge in [0.15, 0.2) is 9.84 Å². The highest BCUT2D eigenvalue weighted by molar-refractivity contribution is 9.11. The number of carbonyl (C=O) groups is 1. The molecular formula is C17H13Br2NO4S. The lowest BCUT2D eigenvalue weighted by molar-refractivity contribution is 0.0985. The lowest BCUT2D eigenvalue weighted by Gasteiger charge is -2.34. The maximum Gasteiger partial charge on any atom is 0.258 e. The van der Waals surface area contributed by atoms with E-state index in [0.717, 1.165) is 0 Å². The number of benzene rings is 2. The standard InChI is InChI=1S/C17H13Br2NO4S/c18-11-7-10(8-12(19)15(11)21)16(22)20-9-17(5-6-17)25(23,24)14-4-2-1-3-13(14)20/h1-4,7-8,21H,5-6,9H2. The number of amides is 1. The highest BCUT2D eigenvalue weighted by atomic mass is 79.9. The molecule has 1 aliphatic carbocycles. The molecule has 5 nitrogen and oxygen atoms in total. The molecule has 2 aliphatic rings. The first-order chi connectivity index (χ1) is 11.8. The maximum atomic E-state index is 13.1. The van der Waals surface area contributed by atoms with Crippen LogP contribution in [-0.2, 0) is 9.84 Å². The summed E-state index contributed by atoms with van der Waals surface area (Å²) in [4.78, 5) is 14.9. The predicted molar refractivity (Wildman–Crippen MR) is 101 cm³/mol. The Morgan fingerprint density at radius 3 is 2.32 bits per heavy atom. The van der Waals surface area contributed by atoms with Gasteiger partial charge in [0.2, 0.25) is 0 Å². The van der Waals surface area contributed by atoms with Crippen LogP contribution < -0.4 is 4.90 Å². The van der Waals surface area contributed by atoms with Crippen LogP contribution in [0.4, 0.5) is 5.69 Å². The molecule has 130 valence electrons. The molecule has 2 aromatic carbocycles. The van der Waals surface area contributed by atoms with E-state index in [0.29, 0.717) is 33.0 Å². The molecule has 1 spiro atoms. The smallest absolute Gasteiger partial charge is 0.258 e. The number of phenols is 1. The Morgan fingerprint density at radius 1 is 1.12 bits per heavy atom. The van der Waals surface area contributed by atoms with E-state index in [1.165, 1.54) is 17.0 Å². The fourth-order valence-electron chi connectivity index (χ4n) is 3.19. The lowest BCUT2D eigenvalue weighted by Crippen LogP contribution is -2.47. The minimum Gasteiger partial charge on any atom is -0.506 e. The van der Waals surface area contributed by atoms with Crippen LogP contribution in [0.15, 0.2) is 50.2 Å². The fourth-order valence-corrected chi connectivity index (χ4v) is 6.49. The van der Waals surface area contributed by atoms with Gasteiger partial charge in [0.05, 0.1) is 24.3 Å². The zero-order chi connectivity index (χ0) is 18.0. The van der Waals surface area contributed by atoms with Gasteiger partial charge in [-0.25, -0.2) is 8.42 Å². The summed E-state index contributed by atoms with van der Waals surface area (Å²) in [6, 6.07) is 9.69. The number of hydrogen-bond donors (Lipinski definition) is 1. The summed E-state index contributed by atoms with van der Waals surface area (Å²) in [5, 5.41) is 9.84. The number of anilines is 1. The molecule has 1 aliphatic heterocycles. The first-order valence-electron chi connectivity index (χ1n) is 7.60. The Balaban J connectivity index is 1.85. The van der Waals surface area contributed by atoms with Crippen molar-refractivity contribution in [3.05, 3.63) is 50.9 Å². The molecular weight excluding hydrogens is 474 g/mol. The topological polar surface area (TPSA) is 74.7 Å². The normalized spacial score (nSPS) is 19.5. The highest BCUT2D eigenvalue weighted by Gasteiger charge is 2.59. The number of para-hydroxylation sites is 1. The summed E-state index contributed by atoms with van der Waals surface area (Å²) in [5.74, 6) is -0.285. The van der Waals surface area contributed by atoms with Crippen molar-refractivity contribution >= 4 is 53.3 Å². The van der Waals surface area contributed by atoms with Crippen molar-refractivity contribution < 1.29 is 18.3 Å². The Morgan fingerprint density at radius 2 is 1.72 bits per heavy atom. The van der Waals surface area contributed by atoms with Crippen LogP contribution in [0.5, 0.6) is 5.75 Å².